The predicted molar refractivity (Wildman–Crippen MR) is 105 cm³/mol. The molecule has 5 heteroatoms. The normalized spacial score (nSPS) is 29.1. The van der Waals surface area contributed by atoms with Gasteiger partial charge in [-0.05, 0) is 44.1 Å². The van der Waals surface area contributed by atoms with Crippen molar-refractivity contribution in [3.63, 3.8) is 0 Å². The van der Waals surface area contributed by atoms with Crippen LogP contribution in [0.3, 0.4) is 0 Å². The first kappa shape index (κ1) is 17.5. The molecule has 1 aromatic rings. The molecule has 26 heavy (non-hydrogen) atoms. The average Bonchev–Trinajstić information content (AvgIpc) is 2.55. The van der Waals surface area contributed by atoms with Crippen LogP contribution in [0.2, 0.25) is 0 Å². The molecule has 2 atom stereocenters. The molecule has 4 nitrogen and oxygen atoms in total. The van der Waals surface area contributed by atoms with Gasteiger partial charge < -0.3 is 0 Å². The summed E-state index contributed by atoms with van der Waals surface area (Å²) in [5.41, 5.74) is 4.11. The number of hydrazone groups is 1. The van der Waals surface area contributed by atoms with Crippen LogP contribution in [0, 0.1) is 18.3 Å². The molecule has 2 heterocycles. The van der Waals surface area contributed by atoms with Crippen LogP contribution < -0.4 is 0 Å². The van der Waals surface area contributed by atoms with E-state index in [-0.39, 0.29) is 17.4 Å². The summed E-state index contributed by atoms with van der Waals surface area (Å²) in [6.07, 6.45) is 6.32. The summed E-state index contributed by atoms with van der Waals surface area (Å²) in [5, 5.41) is 4.67. The Bertz CT molecular complexity index is 954. The second-order valence-electron chi connectivity index (χ2n) is 8.54. The number of rotatable bonds is 1. The smallest absolute Gasteiger partial charge is 0.200 e. The van der Waals surface area contributed by atoms with E-state index in [4.69, 9.17) is 0 Å². The Kier molecular flexibility index (Phi) is 3.92. The second-order valence-corrected chi connectivity index (χ2v) is 10.3. The molecule has 0 unspecified atom stereocenters. The van der Waals surface area contributed by atoms with E-state index in [1.54, 1.807) is 0 Å². The van der Waals surface area contributed by atoms with Crippen molar-refractivity contribution < 1.29 is 8.42 Å². The summed E-state index contributed by atoms with van der Waals surface area (Å²) in [6, 6.07) is 8.05. The van der Waals surface area contributed by atoms with Crippen molar-refractivity contribution >= 4 is 15.7 Å². The highest BCUT2D eigenvalue weighted by molar-refractivity contribution is 7.93. The predicted octanol–water partition coefficient (Wildman–Crippen LogP) is 4.38. The lowest BCUT2D eigenvalue weighted by molar-refractivity contribution is 0.127. The van der Waals surface area contributed by atoms with E-state index in [9.17, 15) is 8.42 Å². The summed E-state index contributed by atoms with van der Waals surface area (Å²) < 4.78 is 28.1. The Morgan fingerprint density at radius 3 is 2.73 bits per heavy atom. The summed E-state index contributed by atoms with van der Waals surface area (Å²) in [7, 11) is -3.57. The van der Waals surface area contributed by atoms with Gasteiger partial charge in [-0.3, -0.25) is 0 Å². The minimum Gasteiger partial charge on any atom is -0.200 e. The molecule has 0 radical (unpaired) electrons. The van der Waals surface area contributed by atoms with E-state index in [1.165, 1.54) is 9.99 Å². The highest BCUT2D eigenvalue weighted by Gasteiger charge is 2.51. The minimum atomic E-state index is -3.57. The van der Waals surface area contributed by atoms with Gasteiger partial charge in [0.25, 0.3) is 10.0 Å². The van der Waals surface area contributed by atoms with Crippen LogP contribution >= 0.6 is 0 Å². The highest BCUT2D eigenvalue weighted by atomic mass is 32.2. The third-order valence-corrected chi connectivity index (χ3v) is 7.75. The topological polar surface area (TPSA) is 49.7 Å². The maximum absolute atomic E-state index is 13.3. The van der Waals surface area contributed by atoms with E-state index in [1.807, 2.05) is 31.2 Å². The van der Waals surface area contributed by atoms with Gasteiger partial charge in [-0.1, -0.05) is 61.4 Å². The van der Waals surface area contributed by atoms with Crippen molar-refractivity contribution in [3.05, 3.63) is 58.0 Å². The van der Waals surface area contributed by atoms with Gasteiger partial charge in [-0.15, -0.1) is 0 Å². The molecule has 0 spiro atoms. The van der Waals surface area contributed by atoms with Crippen molar-refractivity contribution in [1.82, 2.24) is 4.41 Å². The van der Waals surface area contributed by atoms with Crippen LogP contribution in [0.1, 0.15) is 51.2 Å². The van der Waals surface area contributed by atoms with Crippen LogP contribution in [0.15, 0.2) is 52.0 Å². The first-order valence-electron chi connectivity index (χ1n) is 9.25. The first-order valence-corrected chi connectivity index (χ1v) is 10.7. The molecule has 2 aliphatic heterocycles. The molecule has 0 saturated carbocycles. The van der Waals surface area contributed by atoms with Crippen molar-refractivity contribution in [2.45, 2.75) is 53.0 Å². The van der Waals surface area contributed by atoms with E-state index in [0.717, 1.165) is 29.7 Å². The Morgan fingerprint density at radius 1 is 1.23 bits per heavy atom. The number of aryl methyl sites for hydroxylation is 1. The Morgan fingerprint density at radius 2 is 2.00 bits per heavy atom. The van der Waals surface area contributed by atoms with Crippen LogP contribution in [-0.2, 0) is 10.0 Å². The number of hydrogen-bond acceptors (Lipinski definition) is 3. The van der Waals surface area contributed by atoms with E-state index in [0.29, 0.717) is 11.3 Å². The lowest BCUT2D eigenvalue weighted by atomic mass is 9.73. The summed E-state index contributed by atoms with van der Waals surface area (Å²) >= 11 is 0. The highest BCUT2D eigenvalue weighted by Crippen LogP contribution is 2.48. The average molecular weight is 371 g/mol. The van der Waals surface area contributed by atoms with Gasteiger partial charge in [-0.2, -0.15) is 17.9 Å². The van der Waals surface area contributed by atoms with Crippen LogP contribution in [-0.4, -0.2) is 24.6 Å². The molecule has 1 aliphatic carbocycles. The zero-order valence-corrected chi connectivity index (χ0v) is 16.7. The Balaban J connectivity index is 1.83. The molecule has 1 aromatic carbocycles. The largest absolute Gasteiger partial charge is 0.275 e. The maximum Gasteiger partial charge on any atom is 0.275 e. The zero-order chi connectivity index (χ0) is 18.7. The van der Waals surface area contributed by atoms with Gasteiger partial charge in [0, 0.05) is 5.92 Å². The monoisotopic (exact) mass is 370 g/mol. The van der Waals surface area contributed by atoms with Gasteiger partial charge in [0.2, 0.25) is 0 Å². The summed E-state index contributed by atoms with van der Waals surface area (Å²) in [6.45, 7) is 8.45. The van der Waals surface area contributed by atoms with Gasteiger partial charge in [0.1, 0.15) is 0 Å². The Labute approximate surface area is 156 Å². The number of nitrogens with zero attached hydrogens (tertiary/aromatic N) is 2. The lowest BCUT2D eigenvalue weighted by Gasteiger charge is -2.49. The van der Waals surface area contributed by atoms with Gasteiger partial charge in [0.05, 0.1) is 16.7 Å². The molecule has 0 N–H and O–H groups in total. The molecule has 138 valence electrons. The molecule has 0 aromatic heterocycles. The molecular weight excluding hydrogens is 344 g/mol. The number of hydrogen-bond donors (Lipinski definition) is 0. The third kappa shape index (κ3) is 2.73. The molecule has 4 rings (SSSR count). The van der Waals surface area contributed by atoms with Gasteiger partial charge >= 0.3 is 0 Å². The fourth-order valence-electron chi connectivity index (χ4n) is 4.42. The standard InChI is InChI=1S/C21H26N2O2S/c1-14-6-5-7-16(10-14)18-13-21(3,4)20-12-17-11-15(2)8-9-19(17)26(24,25)23(20)22-18/h5-7,9-11,17,20H,8,12-13H2,1-4H3/t17-,20-/m0/s1. The third-order valence-electron chi connectivity index (χ3n) is 5.86. The minimum absolute atomic E-state index is 0.00926. The molecule has 1 fully saturated rings. The number of sulfonamides is 1. The maximum atomic E-state index is 13.3. The molecule has 0 amide bonds. The quantitative estimate of drug-likeness (QED) is 0.689. The fourth-order valence-corrected chi connectivity index (χ4v) is 6.39. The fraction of sp³-hybridized carbons (Fsp3) is 0.476. The van der Waals surface area contributed by atoms with Gasteiger partial charge in [-0.25, -0.2) is 0 Å². The van der Waals surface area contributed by atoms with Crippen LogP contribution in [0.25, 0.3) is 0 Å². The summed E-state index contributed by atoms with van der Waals surface area (Å²) in [4.78, 5) is 0.532. The molecule has 1 saturated heterocycles. The SMILES string of the molecule is CC1=C[C@H]2C[C@@H]3N(N=C(c4cccc(C)c4)CC3(C)C)S(=O)(=O)C2=CC1. The van der Waals surface area contributed by atoms with E-state index < -0.39 is 10.0 Å². The number of allylic oxidation sites excluding steroid dienone is 4. The van der Waals surface area contributed by atoms with E-state index in [2.05, 4.69) is 38.0 Å². The van der Waals surface area contributed by atoms with Crippen molar-refractivity contribution in [2.24, 2.45) is 16.4 Å². The Hall–Kier alpha value is -1.88. The van der Waals surface area contributed by atoms with Crippen molar-refractivity contribution in [1.29, 1.82) is 0 Å². The first-order chi connectivity index (χ1) is 12.2. The van der Waals surface area contributed by atoms with E-state index >= 15 is 0 Å². The zero-order valence-electron chi connectivity index (χ0n) is 15.9. The summed E-state index contributed by atoms with van der Waals surface area (Å²) in [5.74, 6) is -0.00926. The second kappa shape index (κ2) is 5.81. The van der Waals surface area contributed by atoms with Crippen molar-refractivity contribution in [2.75, 3.05) is 0 Å². The number of benzene rings is 1. The molecule has 3 aliphatic rings. The van der Waals surface area contributed by atoms with Gasteiger partial charge in [0.15, 0.2) is 0 Å². The number of fused-ring (bicyclic) bond motifs is 2. The van der Waals surface area contributed by atoms with Crippen LogP contribution in [0.4, 0.5) is 0 Å². The van der Waals surface area contributed by atoms with Crippen molar-refractivity contribution in [3.8, 4) is 0 Å². The molecule has 0 bridgehead atoms. The lowest BCUT2D eigenvalue weighted by Crippen LogP contribution is -2.54. The molecular formula is C21H26N2O2S. The van der Waals surface area contributed by atoms with Crippen LogP contribution in [0.5, 0.6) is 0 Å².